The molecular weight excluding hydrogens is 266 g/mol. The summed E-state index contributed by atoms with van der Waals surface area (Å²) in [6, 6.07) is 4.16. The van der Waals surface area contributed by atoms with Gasteiger partial charge in [0.05, 0.1) is 5.92 Å². The Bertz CT molecular complexity index is 669. The van der Waals surface area contributed by atoms with Crippen LogP contribution in [0.4, 0.5) is 0 Å². The van der Waals surface area contributed by atoms with Crippen molar-refractivity contribution in [1.29, 1.82) is 0 Å². The van der Waals surface area contributed by atoms with E-state index in [4.69, 9.17) is 5.11 Å². The fraction of sp³-hybridized carbons (Fsp3) is 0.562. The Labute approximate surface area is 124 Å². The molecule has 0 unspecified atom stereocenters. The zero-order chi connectivity index (χ0) is 15.0. The monoisotopic (exact) mass is 287 g/mol. The second-order valence-corrected chi connectivity index (χ2v) is 6.14. The second kappa shape index (κ2) is 5.47. The summed E-state index contributed by atoms with van der Waals surface area (Å²) in [5, 5.41) is 17.3. The van der Waals surface area contributed by atoms with Crippen molar-refractivity contribution in [3.63, 3.8) is 0 Å². The average Bonchev–Trinajstić information content (AvgIpc) is 2.85. The van der Waals surface area contributed by atoms with Crippen LogP contribution in [0, 0.1) is 25.7 Å². The van der Waals surface area contributed by atoms with Crippen LogP contribution in [-0.2, 0) is 11.2 Å². The third-order valence-electron chi connectivity index (χ3n) is 4.79. The van der Waals surface area contributed by atoms with Gasteiger partial charge in [-0.3, -0.25) is 9.20 Å². The number of pyridine rings is 1. The summed E-state index contributed by atoms with van der Waals surface area (Å²) in [6.07, 6.45) is 4.66. The van der Waals surface area contributed by atoms with E-state index in [2.05, 4.69) is 27.6 Å². The number of aromatic nitrogens is 3. The van der Waals surface area contributed by atoms with Crippen molar-refractivity contribution in [1.82, 2.24) is 14.6 Å². The van der Waals surface area contributed by atoms with Crippen molar-refractivity contribution in [3.05, 3.63) is 29.2 Å². The van der Waals surface area contributed by atoms with Crippen molar-refractivity contribution in [2.75, 3.05) is 0 Å². The summed E-state index contributed by atoms with van der Waals surface area (Å²) in [5.41, 5.74) is 3.42. The lowest BCUT2D eigenvalue weighted by atomic mass is 9.79. The summed E-state index contributed by atoms with van der Waals surface area (Å²) in [5.74, 6) is 0.739. The number of hydrogen-bond acceptors (Lipinski definition) is 3. The topological polar surface area (TPSA) is 67.5 Å². The Hall–Kier alpha value is -1.91. The molecule has 0 amide bonds. The maximum absolute atomic E-state index is 11.0. The smallest absolute Gasteiger partial charge is 0.306 e. The number of carboxylic acid groups (broad SMARTS) is 1. The van der Waals surface area contributed by atoms with Gasteiger partial charge >= 0.3 is 5.97 Å². The predicted molar refractivity (Wildman–Crippen MR) is 79.2 cm³/mol. The molecule has 0 saturated heterocycles. The SMILES string of the molecule is Cc1nnc2ccc(CC3CCC(C(=O)O)CC3)c(C)n12. The molecule has 1 N–H and O–H groups in total. The average molecular weight is 287 g/mol. The molecule has 2 aromatic heterocycles. The first-order valence-corrected chi connectivity index (χ1v) is 7.59. The van der Waals surface area contributed by atoms with Gasteiger partial charge in [0.1, 0.15) is 5.82 Å². The highest BCUT2D eigenvalue weighted by Gasteiger charge is 2.26. The van der Waals surface area contributed by atoms with Gasteiger partial charge in [-0.25, -0.2) is 0 Å². The molecule has 0 radical (unpaired) electrons. The molecule has 1 aliphatic carbocycles. The predicted octanol–water partition coefficient (Wildman–Crippen LogP) is 2.78. The van der Waals surface area contributed by atoms with Gasteiger partial charge in [-0.05, 0) is 63.5 Å². The molecule has 5 heteroatoms. The molecule has 1 aliphatic rings. The lowest BCUT2D eigenvalue weighted by molar-refractivity contribution is -0.143. The first-order valence-electron chi connectivity index (χ1n) is 7.59. The summed E-state index contributed by atoms with van der Waals surface area (Å²) >= 11 is 0. The van der Waals surface area contributed by atoms with Crippen LogP contribution in [0.5, 0.6) is 0 Å². The van der Waals surface area contributed by atoms with Crippen LogP contribution in [0.2, 0.25) is 0 Å². The second-order valence-electron chi connectivity index (χ2n) is 6.14. The Morgan fingerprint density at radius 3 is 2.62 bits per heavy atom. The molecule has 0 aromatic carbocycles. The van der Waals surface area contributed by atoms with E-state index in [1.807, 2.05) is 13.0 Å². The highest BCUT2D eigenvalue weighted by molar-refractivity contribution is 5.70. The number of aryl methyl sites for hydroxylation is 2. The molecule has 0 spiro atoms. The van der Waals surface area contributed by atoms with Gasteiger partial charge in [0, 0.05) is 5.69 Å². The van der Waals surface area contributed by atoms with Gasteiger partial charge in [-0.2, -0.15) is 0 Å². The van der Waals surface area contributed by atoms with Gasteiger partial charge < -0.3 is 5.11 Å². The number of carboxylic acids is 1. The molecule has 3 rings (SSSR count). The van der Waals surface area contributed by atoms with E-state index in [1.165, 1.54) is 11.3 Å². The zero-order valence-electron chi connectivity index (χ0n) is 12.5. The summed E-state index contributed by atoms with van der Waals surface area (Å²) in [7, 11) is 0. The van der Waals surface area contributed by atoms with Gasteiger partial charge in [0.2, 0.25) is 0 Å². The highest BCUT2D eigenvalue weighted by atomic mass is 16.4. The molecule has 5 nitrogen and oxygen atoms in total. The molecule has 1 saturated carbocycles. The van der Waals surface area contributed by atoms with Gasteiger partial charge in [-0.1, -0.05) is 6.07 Å². The Morgan fingerprint density at radius 1 is 1.24 bits per heavy atom. The van der Waals surface area contributed by atoms with Crippen LogP contribution < -0.4 is 0 Å². The minimum absolute atomic E-state index is 0.134. The fourth-order valence-electron chi connectivity index (χ4n) is 3.48. The number of hydrogen-bond donors (Lipinski definition) is 1. The Morgan fingerprint density at radius 2 is 1.95 bits per heavy atom. The zero-order valence-corrected chi connectivity index (χ0v) is 12.5. The molecule has 0 aliphatic heterocycles. The van der Waals surface area contributed by atoms with Crippen LogP contribution in [0.15, 0.2) is 12.1 Å². The number of carbonyl (C=O) groups is 1. The van der Waals surface area contributed by atoms with Crippen LogP contribution in [0.3, 0.4) is 0 Å². The lowest BCUT2D eigenvalue weighted by Crippen LogP contribution is -2.22. The molecule has 2 heterocycles. The third-order valence-corrected chi connectivity index (χ3v) is 4.79. The van der Waals surface area contributed by atoms with Crippen molar-refractivity contribution < 1.29 is 9.90 Å². The quantitative estimate of drug-likeness (QED) is 0.942. The number of rotatable bonds is 3. The molecule has 0 atom stereocenters. The molecule has 2 aromatic rings. The lowest BCUT2D eigenvalue weighted by Gasteiger charge is -2.26. The van der Waals surface area contributed by atoms with E-state index >= 15 is 0 Å². The van der Waals surface area contributed by atoms with Gasteiger partial charge in [-0.15, -0.1) is 10.2 Å². The maximum Gasteiger partial charge on any atom is 0.306 e. The molecule has 1 fully saturated rings. The van der Waals surface area contributed by atoms with Crippen molar-refractivity contribution in [2.24, 2.45) is 11.8 Å². The van der Waals surface area contributed by atoms with Crippen LogP contribution >= 0.6 is 0 Å². The van der Waals surface area contributed by atoms with Crippen LogP contribution in [-0.4, -0.2) is 25.7 Å². The Balaban J connectivity index is 1.75. The molecular formula is C16H21N3O2. The first-order chi connectivity index (χ1) is 10.1. The maximum atomic E-state index is 11.0. The number of fused-ring (bicyclic) bond motifs is 1. The summed E-state index contributed by atoms with van der Waals surface area (Å²) in [4.78, 5) is 11.0. The first kappa shape index (κ1) is 14.0. The van der Waals surface area contributed by atoms with E-state index in [-0.39, 0.29) is 5.92 Å². The van der Waals surface area contributed by atoms with Crippen molar-refractivity contribution >= 4 is 11.6 Å². The summed E-state index contributed by atoms with van der Waals surface area (Å²) < 4.78 is 2.10. The van der Waals surface area contributed by atoms with E-state index in [9.17, 15) is 4.79 Å². The molecule has 21 heavy (non-hydrogen) atoms. The highest BCUT2D eigenvalue weighted by Crippen LogP contribution is 2.32. The van der Waals surface area contributed by atoms with Crippen molar-refractivity contribution in [3.8, 4) is 0 Å². The standard InChI is InChI=1S/C16H21N3O2/c1-10-14(7-8-15-18-17-11(2)19(10)15)9-12-3-5-13(6-4-12)16(20)21/h7-8,12-13H,3-6,9H2,1-2H3,(H,20,21). The number of nitrogens with zero attached hydrogens (tertiary/aromatic N) is 3. The van der Waals surface area contributed by atoms with Gasteiger partial charge in [0.25, 0.3) is 0 Å². The van der Waals surface area contributed by atoms with E-state index in [0.717, 1.165) is 43.6 Å². The van der Waals surface area contributed by atoms with E-state index in [1.54, 1.807) is 0 Å². The van der Waals surface area contributed by atoms with Crippen LogP contribution in [0.25, 0.3) is 5.65 Å². The minimum atomic E-state index is -0.633. The molecule has 112 valence electrons. The van der Waals surface area contributed by atoms with Crippen LogP contribution in [0.1, 0.15) is 42.8 Å². The minimum Gasteiger partial charge on any atom is -0.481 e. The Kier molecular flexibility index (Phi) is 3.66. The summed E-state index contributed by atoms with van der Waals surface area (Å²) in [6.45, 7) is 4.08. The fourth-order valence-corrected chi connectivity index (χ4v) is 3.48. The van der Waals surface area contributed by atoms with E-state index < -0.39 is 5.97 Å². The van der Waals surface area contributed by atoms with Gasteiger partial charge in [0.15, 0.2) is 5.65 Å². The number of aliphatic carboxylic acids is 1. The van der Waals surface area contributed by atoms with E-state index in [0.29, 0.717) is 5.92 Å². The third kappa shape index (κ3) is 2.64. The normalized spacial score (nSPS) is 22.6. The largest absolute Gasteiger partial charge is 0.481 e. The van der Waals surface area contributed by atoms with Crippen molar-refractivity contribution in [2.45, 2.75) is 46.0 Å². The molecule has 0 bridgehead atoms.